The molecule has 0 aliphatic rings. The number of halogens is 1. The van der Waals surface area contributed by atoms with Crippen molar-refractivity contribution in [1.82, 2.24) is 0 Å². The first-order valence-corrected chi connectivity index (χ1v) is 11.7. The lowest BCUT2D eigenvalue weighted by Gasteiger charge is -2.12. The molecular weight excluding hydrogens is 484 g/mol. The monoisotopic (exact) mass is 508 g/mol. The maximum absolute atomic E-state index is 12.6. The summed E-state index contributed by atoms with van der Waals surface area (Å²) in [5.74, 6) is -2.39. The van der Waals surface area contributed by atoms with Crippen LogP contribution in [-0.4, -0.2) is 37.0 Å². The largest absolute Gasteiger partial charge is 0.462 e. The van der Waals surface area contributed by atoms with Gasteiger partial charge in [0.2, 0.25) is 0 Å². The van der Waals surface area contributed by atoms with Gasteiger partial charge in [-0.05, 0) is 48.9 Å². The van der Waals surface area contributed by atoms with Crippen molar-refractivity contribution in [1.29, 1.82) is 0 Å². The van der Waals surface area contributed by atoms with Gasteiger partial charge in [0.1, 0.15) is 0 Å². The third-order valence-corrected chi connectivity index (χ3v) is 5.30. The molecule has 0 unspecified atom stereocenters. The van der Waals surface area contributed by atoms with Gasteiger partial charge in [-0.15, -0.1) is 0 Å². The molecule has 0 aliphatic carbocycles. The molecule has 0 fully saturated rings. The Morgan fingerprint density at radius 2 is 1.50 bits per heavy atom. The summed E-state index contributed by atoms with van der Waals surface area (Å²) in [6, 6.07) is 19.2. The fraction of sp³-hybridized carbons (Fsp3) is 0.185. The number of esters is 2. The molecule has 0 saturated heterocycles. The second-order valence-corrected chi connectivity index (χ2v) is 8.08. The summed E-state index contributed by atoms with van der Waals surface area (Å²) in [7, 11) is 0. The maximum Gasteiger partial charge on any atom is 0.340 e. The molecule has 9 heteroatoms. The Hall–Kier alpha value is -4.17. The summed E-state index contributed by atoms with van der Waals surface area (Å²) in [5.41, 5.74) is 1.18. The van der Waals surface area contributed by atoms with E-state index in [0.717, 1.165) is 12.8 Å². The molecule has 0 heterocycles. The highest BCUT2D eigenvalue weighted by atomic mass is 35.5. The highest BCUT2D eigenvalue weighted by Gasteiger charge is 2.18. The molecule has 8 nitrogen and oxygen atoms in total. The number of ether oxygens (including phenoxy) is 2. The third kappa shape index (κ3) is 7.41. The van der Waals surface area contributed by atoms with Crippen LogP contribution in [0.25, 0.3) is 0 Å². The lowest BCUT2D eigenvalue weighted by atomic mass is 10.1. The molecule has 2 N–H and O–H groups in total. The van der Waals surface area contributed by atoms with Gasteiger partial charge in [0.15, 0.2) is 6.61 Å². The lowest BCUT2D eigenvalue weighted by molar-refractivity contribution is -0.119. The second kappa shape index (κ2) is 13.1. The van der Waals surface area contributed by atoms with E-state index < -0.39 is 24.5 Å². The fourth-order valence-electron chi connectivity index (χ4n) is 3.11. The summed E-state index contributed by atoms with van der Waals surface area (Å²) in [6.07, 6.45) is 1.60. The van der Waals surface area contributed by atoms with Gasteiger partial charge in [-0.3, -0.25) is 9.59 Å². The van der Waals surface area contributed by atoms with Crippen LogP contribution in [0.15, 0.2) is 72.8 Å². The predicted molar refractivity (Wildman–Crippen MR) is 136 cm³/mol. The summed E-state index contributed by atoms with van der Waals surface area (Å²) < 4.78 is 10.3. The van der Waals surface area contributed by atoms with E-state index in [9.17, 15) is 19.2 Å². The van der Waals surface area contributed by atoms with Crippen LogP contribution in [0.3, 0.4) is 0 Å². The minimum absolute atomic E-state index is 0.0955. The van der Waals surface area contributed by atoms with Gasteiger partial charge < -0.3 is 20.1 Å². The first-order chi connectivity index (χ1) is 17.4. The Balaban J connectivity index is 1.59. The maximum atomic E-state index is 12.6. The van der Waals surface area contributed by atoms with Crippen molar-refractivity contribution in [2.75, 3.05) is 23.8 Å². The van der Waals surface area contributed by atoms with E-state index in [0.29, 0.717) is 11.3 Å². The number of amides is 2. The Bertz CT molecular complexity index is 1250. The van der Waals surface area contributed by atoms with Crippen molar-refractivity contribution < 1.29 is 28.7 Å². The van der Waals surface area contributed by atoms with Crippen molar-refractivity contribution in [3.8, 4) is 0 Å². The first-order valence-electron chi connectivity index (χ1n) is 11.3. The zero-order chi connectivity index (χ0) is 25.9. The molecule has 0 spiro atoms. The van der Waals surface area contributed by atoms with E-state index in [2.05, 4.69) is 10.6 Å². The molecule has 0 bridgehead atoms. The highest BCUT2D eigenvalue weighted by Crippen LogP contribution is 2.22. The van der Waals surface area contributed by atoms with Gasteiger partial charge in [-0.1, -0.05) is 55.3 Å². The molecule has 2 amide bonds. The van der Waals surface area contributed by atoms with Gasteiger partial charge in [0.25, 0.3) is 11.8 Å². The van der Waals surface area contributed by atoms with Crippen molar-refractivity contribution in [3.63, 3.8) is 0 Å². The molecule has 3 rings (SSSR count). The number of unbranched alkanes of at least 4 members (excludes halogenated alkanes) is 1. The van der Waals surface area contributed by atoms with E-state index in [-0.39, 0.29) is 34.4 Å². The molecule has 186 valence electrons. The molecule has 0 saturated carbocycles. The normalized spacial score (nSPS) is 10.3. The first kappa shape index (κ1) is 26.4. The van der Waals surface area contributed by atoms with Crippen molar-refractivity contribution in [2.45, 2.75) is 19.8 Å². The van der Waals surface area contributed by atoms with E-state index in [4.69, 9.17) is 21.1 Å². The number of carbonyl (C=O) groups excluding carboxylic acids is 4. The Labute approximate surface area is 213 Å². The van der Waals surface area contributed by atoms with Gasteiger partial charge >= 0.3 is 11.9 Å². The van der Waals surface area contributed by atoms with Crippen LogP contribution in [0.1, 0.15) is 50.8 Å². The van der Waals surface area contributed by atoms with Gasteiger partial charge in [-0.2, -0.15) is 0 Å². The molecule has 0 radical (unpaired) electrons. The third-order valence-electron chi connectivity index (χ3n) is 4.97. The summed E-state index contributed by atoms with van der Waals surface area (Å²) in [4.78, 5) is 49.7. The van der Waals surface area contributed by atoms with E-state index >= 15 is 0 Å². The Kier molecular flexibility index (Phi) is 9.59. The average Bonchev–Trinajstić information content (AvgIpc) is 2.89. The second-order valence-electron chi connectivity index (χ2n) is 7.67. The summed E-state index contributed by atoms with van der Waals surface area (Å²) in [5, 5.41) is 5.42. The van der Waals surface area contributed by atoms with Crippen molar-refractivity contribution >= 4 is 46.7 Å². The van der Waals surface area contributed by atoms with E-state index in [1.165, 1.54) is 24.3 Å². The number of para-hydroxylation sites is 1. The number of nitrogens with one attached hydrogen (secondary N) is 2. The van der Waals surface area contributed by atoms with Crippen molar-refractivity contribution in [2.24, 2.45) is 0 Å². The topological polar surface area (TPSA) is 111 Å². The van der Waals surface area contributed by atoms with Crippen LogP contribution >= 0.6 is 11.6 Å². The quantitative estimate of drug-likeness (QED) is 0.282. The Morgan fingerprint density at radius 1 is 0.806 bits per heavy atom. The SMILES string of the molecule is CCCCOC(=O)c1cc(NC(=O)COC(=O)c2ccccc2NC(=O)c2ccccc2)ccc1Cl. The van der Waals surface area contributed by atoms with Crippen LogP contribution < -0.4 is 10.6 Å². The summed E-state index contributed by atoms with van der Waals surface area (Å²) >= 11 is 6.09. The molecule has 3 aromatic carbocycles. The van der Waals surface area contributed by atoms with Gasteiger partial charge in [0.05, 0.1) is 28.4 Å². The van der Waals surface area contributed by atoms with Crippen LogP contribution in [-0.2, 0) is 14.3 Å². The zero-order valence-electron chi connectivity index (χ0n) is 19.6. The summed E-state index contributed by atoms with van der Waals surface area (Å²) in [6.45, 7) is 1.66. The van der Waals surface area contributed by atoms with Crippen LogP contribution in [0.2, 0.25) is 5.02 Å². The lowest BCUT2D eigenvalue weighted by Crippen LogP contribution is -2.22. The molecular formula is C27H25ClN2O6. The number of rotatable bonds is 10. The van der Waals surface area contributed by atoms with Crippen LogP contribution in [0.5, 0.6) is 0 Å². The molecule has 0 atom stereocenters. The number of benzene rings is 3. The zero-order valence-corrected chi connectivity index (χ0v) is 20.3. The molecule has 3 aromatic rings. The van der Waals surface area contributed by atoms with Gasteiger partial charge in [0, 0.05) is 11.3 Å². The Morgan fingerprint density at radius 3 is 2.25 bits per heavy atom. The fourth-order valence-corrected chi connectivity index (χ4v) is 3.30. The van der Waals surface area contributed by atoms with Crippen molar-refractivity contribution in [3.05, 3.63) is 94.5 Å². The average molecular weight is 509 g/mol. The predicted octanol–water partition coefficient (Wildman–Crippen LogP) is 5.34. The van der Waals surface area contributed by atoms with Gasteiger partial charge in [-0.25, -0.2) is 9.59 Å². The number of anilines is 2. The number of hydrogen-bond acceptors (Lipinski definition) is 6. The number of carbonyl (C=O) groups is 4. The van der Waals surface area contributed by atoms with E-state index in [1.54, 1.807) is 48.5 Å². The molecule has 0 aliphatic heterocycles. The minimum atomic E-state index is -0.787. The standard InChI is InChI=1S/C27H25ClN2O6/c1-2-3-15-35-27(34)21-16-19(13-14-22(21)28)29-24(31)17-36-26(33)20-11-7-8-12-23(20)30-25(32)18-9-5-4-6-10-18/h4-14,16H,2-3,15,17H2,1H3,(H,29,31)(H,30,32). The molecule has 36 heavy (non-hydrogen) atoms. The number of hydrogen-bond donors (Lipinski definition) is 2. The minimum Gasteiger partial charge on any atom is -0.462 e. The highest BCUT2D eigenvalue weighted by molar-refractivity contribution is 6.33. The van der Waals surface area contributed by atoms with Crippen LogP contribution in [0.4, 0.5) is 11.4 Å². The van der Waals surface area contributed by atoms with E-state index in [1.807, 2.05) is 6.92 Å². The van der Waals surface area contributed by atoms with Crippen LogP contribution in [0, 0.1) is 0 Å². The molecule has 0 aromatic heterocycles. The smallest absolute Gasteiger partial charge is 0.340 e.